The number of hydrogen-bond donors (Lipinski definition) is 1. The lowest BCUT2D eigenvalue weighted by atomic mass is 9.98. The van der Waals surface area contributed by atoms with E-state index in [2.05, 4.69) is 148 Å². The van der Waals surface area contributed by atoms with Gasteiger partial charge in [-0.1, -0.05) is 95.0 Å². The molecular weight excluding hydrogens is 776 g/mol. The Kier molecular flexibility index (Phi) is 13.0. The van der Waals surface area contributed by atoms with Crippen molar-refractivity contribution in [3.8, 4) is 0 Å². The molecule has 3 atom stereocenters. The molecule has 5 heterocycles. The number of likely N-dealkylation sites (tertiary alicyclic amines) is 1. The zero-order valence-electron chi connectivity index (χ0n) is 33.8. The fourth-order valence-electron chi connectivity index (χ4n) is 8.33. The topological polar surface area (TPSA) is 50.9 Å². The van der Waals surface area contributed by atoms with Gasteiger partial charge in [-0.05, 0) is 149 Å². The van der Waals surface area contributed by atoms with Crippen LogP contribution in [0, 0.1) is 26.7 Å². The number of halogens is 2. The van der Waals surface area contributed by atoms with Gasteiger partial charge in [0.1, 0.15) is 11.6 Å². The molecule has 0 radical (unpaired) electrons. The van der Waals surface area contributed by atoms with Crippen molar-refractivity contribution < 1.29 is 0 Å². The minimum Gasteiger partial charge on any atom is -0.320 e. The van der Waals surface area contributed by atoms with E-state index < -0.39 is 0 Å². The molecule has 0 saturated carbocycles. The largest absolute Gasteiger partial charge is 0.320 e. The average molecular weight is 832 g/mol. The smallest absolute Gasteiger partial charge is 0.134 e. The van der Waals surface area contributed by atoms with E-state index in [-0.39, 0.29) is 0 Å². The second-order valence-corrected chi connectivity index (χ2v) is 17.2. The van der Waals surface area contributed by atoms with Crippen LogP contribution < -0.4 is 5.32 Å². The van der Waals surface area contributed by atoms with Crippen molar-refractivity contribution in [2.45, 2.75) is 91.9 Å². The number of rotatable bonds is 7. The van der Waals surface area contributed by atoms with Crippen LogP contribution in [-0.2, 0) is 13.1 Å². The van der Waals surface area contributed by atoms with Gasteiger partial charge in [0.05, 0.1) is 22.1 Å². The first-order valence-corrected chi connectivity index (χ1v) is 21.6. The van der Waals surface area contributed by atoms with Gasteiger partial charge in [-0.3, -0.25) is 0 Å². The van der Waals surface area contributed by atoms with E-state index in [1.54, 1.807) is 5.57 Å². The number of nitrogens with zero attached hydrogens (tertiary/aromatic N) is 5. The summed E-state index contributed by atoms with van der Waals surface area (Å²) < 4.78 is 5.73. The van der Waals surface area contributed by atoms with Gasteiger partial charge in [-0.2, -0.15) is 0 Å². The minimum absolute atomic E-state index is 0.607. The van der Waals surface area contributed by atoms with Crippen LogP contribution in [0.5, 0.6) is 0 Å². The molecule has 56 heavy (non-hydrogen) atoms. The summed E-state index contributed by atoms with van der Waals surface area (Å²) in [5.74, 6) is 2.72. The normalized spacial score (nSPS) is 19.4. The number of imidazole rings is 2. The molecule has 3 aliphatic rings. The highest BCUT2D eigenvalue weighted by Gasteiger charge is 2.30. The van der Waals surface area contributed by atoms with E-state index in [0.717, 1.165) is 57.3 Å². The number of benzene rings is 4. The number of nitrogens with one attached hydrogen (secondary N) is 1. The lowest BCUT2D eigenvalue weighted by Gasteiger charge is -2.23. The second kappa shape index (κ2) is 18.1. The van der Waals surface area contributed by atoms with Crippen LogP contribution in [-0.4, -0.2) is 56.2 Å². The molecule has 3 aliphatic heterocycles. The fourth-order valence-corrected chi connectivity index (χ4v) is 8.80. The monoisotopic (exact) mass is 830 g/mol. The average Bonchev–Trinajstić information content (AvgIpc) is 3.95. The molecule has 3 saturated heterocycles. The summed E-state index contributed by atoms with van der Waals surface area (Å²) in [4.78, 5) is 12.3. The molecule has 3 unspecified atom stereocenters. The number of aromatic nitrogens is 4. The fraction of sp³-hybridized carbons (Fsp3) is 0.375. The van der Waals surface area contributed by atoms with Crippen LogP contribution in [0.3, 0.4) is 0 Å². The minimum atomic E-state index is 0.607. The van der Waals surface area contributed by atoms with E-state index >= 15 is 0 Å². The Balaban J connectivity index is 0.000000165. The first-order chi connectivity index (χ1) is 27.1. The standard InChI is InChI=1S/C25H29N3.C21H21BrClN3.C2H6/c1-16-4-6-19(7-5-16)15-28-24-11-18(3)17(2)10-23(24)27-25(28)14-20-12-21-8-9-22(13-20)26-21;1-25-11-10-16(13-25)4-9-21-24-19-12-17(22)5-8-20(19)26(21)14-15-2-6-18(23)7-3-15;1-2/h4-7,10-11,14,21-22,26H,8-9,12-13,15H2,1-3H3;2-9,12,16H,10-11,13-14H2,1H3;1-2H3/b;9-4+;. The van der Waals surface area contributed by atoms with Crippen molar-refractivity contribution in [2.24, 2.45) is 5.92 Å². The molecule has 4 aromatic carbocycles. The summed E-state index contributed by atoms with van der Waals surface area (Å²) in [6, 6.07) is 29.1. The Morgan fingerprint density at radius 3 is 2.02 bits per heavy atom. The van der Waals surface area contributed by atoms with E-state index in [4.69, 9.17) is 21.6 Å². The van der Waals surface area contributed by atoms with Crippen molar-refractivity contribution in [1.29, 1.82) is 0 Å². The van der Waals surface area contributed by atoms with Crippen LogP contribution in [0.15, 0.2) is 95.0 Å². The number of hydrogen-bond acceptors (Lipinski definition) is 4. The van der Waals surface area contributed by atoms with E-state index in [1.807, 2.05) is 26.0 Å². The van der Waals surface area contributed by atoms with Gasteiger partial charge in [0.25, 0.3) is 0 Å². The molecule has 6 nitrogen and oxygen atoms in total. The molecule has 6 aromatic rings. The zero-order valence-corrected chi connectivity index (χ0v) is 36.2. The molecule has 9 rings (SSSR count). The summed E-state index contributed by atoms with van der Waals surface area (Å²) in [6.07, 6.45) is 13.1. The maximum Gasteiger partial charge on any atom is 0.134 e. The number of fused-ring (bicyclic) bond motifs is 4. The highest BCUT2D eigenvalue weighted by atomic mass is 79.9. The predicted molar refractivity (Wildman–Crippen MR) is 241 cm³/mol. The van der Waals surface area contributed by atoms with Crippen molar-refractivity contribution in [1.82, 2.24) is 29.3 Å². The molecule has 0 spiro atoms. The van der Waals surface area contributed by atoms with Crippen molar-refractivity contribution >= 4 is 61.7 Å². The lowest BCUT2D eigenvalue weighted by molar-refractivity contribution is 0.408. The van der Waals surface area contributed by atoms with Gasteiger partial charge in [0, 0.05) is 41.2 Å². The summed E-state index contributed by atoms with van der Waals surface area (Å²) in [6.45, 7) is 14.5. The third-order valence-electron chi connectivity index (χ3n) is 11.5. The van der Waals surface area contributed by atoms with Crippen LogP contribution >= 0.6 is 27.5 Å². The Hall–Kier alpha value is -4.01. The van der Waals surface area contributed by atoms with Gasteiger partial charge < -0.3 is 19.4 Å². The molecule has 0 aliphatic carbocycles. The van der Waals surface area contributed by atoms with Crippen LogP contribution in [0.1, 0.15) is 85.4 Å². The highest BCUT2D eigenvalue weighted by molar-refractivity contribution is 9.10. The van der Waals surface area contributed by atoms with Gasteiger partial charge in [-0.15, -0.1) is 0 Å². The molecule has 8 heteroatoms. The Morgan fingerprint density at radius 1 is 0.750 bits per heavy atom. The Bertz CT molecular complexity index is 2320. The van der Waals surface area contributed by atoms with E-state index in [0.29, 0.717) is 18.0 Å². The van der Waals surface area contributed by atoms with E-state index in [9.17, 15) is 0 Å². The van der Waals surface area contributed by atoms with Gasteiger partial charge in [0.15, 0.2) is 0 Å². The Morgan fingerprint density at radius 2 is 1.36 bits per heavy atom. The third kappa shape index (κ3) is 9.57. The molecule has 2 aromatic heterocycles. The van der Waals surface area contributed by atoms with E-state index in [1.165, 1.54) is 72.0 Å². The van der Waals surface area contributed by atoms with Crippen molar-refractivity contribution in [2.75, 3.05) is 20.1 Å². The van der Waals surface area contributed by atoms with Crippen LogP contribution in [0.4, 0.5) is 0 Å². The lowest BCUT2D eigenvalue weighted by Crippen LogP contribution is -2.34. The van der Waals surface area contributed by atoms with Crippen LogP contribution in [0.2, 0.25) is 5.02 Å². The Labute approximate surface area is 346 Å². The number of aryl methyl sites for hydroxylation is 3. The van der Waals surface area contributed by atoms with Gasteiger partial charge in [-0.25, -0.2) is 9.97 Å². The second-order valence-electron chi connectivity index (χ2n) is 15.8. The maximum absolute atomic E-state index is 6.03. The van der Waals surface area contributed by atoms with Gasteiger partial charge in [0.2, 0.25) is 0 Å². The van der Waals surface area contributed by atoms with Crippen molar-refractivity contribution in [3.63, 3.8) is 0 Å². The summed E-state index contributed by atoms with van der Waals surface area (Å²) >= 11 is 9.59. The summed E-state index contributed by atoms with van der Waals surface area (Å²) in [7, 11) is 2.18. The zero-order chi connectivity index (χ0) is 39.3. The predicted octanol–water partition coefficient (Wildman–Crippen LogP) is 11.8. The summed E-state index contributed by atoms with van der Waals surface area (Å²) in [5.41, 5.74) is 12.6. The quantitative estimate of drug-likeness (QED) is 0.174. The van der Waals surface area contributed by atoms with Crippen LogP contribution in [0.25, 0.3) is 34.2 Å². The molecule has 0 amide bonds. The molecular formula is C48H56BrClN6. The molecule has 1 N–H and O–H groups in total. The first-order valence-electron chi connectivity index (χ1n) is 20.4. The van der Waals surface area contributed by atoms with Crippen molar-refractivity contribution in [3.05, 3.63) is 139 Å². The molecule has 2 bridgehead atoms. The maximum atomic E-state index is 6.03. The third-order valence-corrected chi connectivity index (χ3v) is 12.2. The summed E-state index contributed by atoms with van der Waals surface area (Å²) in [5, 5.41) is 4.50. The first kappa shape index (κ1) is 40.2. The molecule has 3 fully saturated rings. The SMILES string of the molecule is CC.CN1CCC(/C=C/c2nc3cc(Br)ccc3n2Cc2ccc(Cl)cc2)C1.Cc1ccc(Cn2c(C=C3CC4CCC(C3)N4)nc3cc(C)c(C)cc32)cc1. The number of piperidine rings is 1. The molecule has 292 valence electrons. The highest BCUT2D eigenvalue weighted by Crippen LogP contribution is 2.33. The van der Waals surface area contributed by atoms with Gasteiger partial charge >= 0.3 is 0 Å².